The van der Waals surface area contributed by atoms with Crippen LogP contribution < -0.4 is 10.1 Å². The van der Waals surface area contributed by atoms with Crippen LogP contribution in [0.1, 0.15) is 0 Å². The second-order valence-corrected chi connectivity index (χ2v) is 5.86. The highest BCUT2D eigenvalue weighted by molar-refractivity contribution is 6.33. The van der Waals surface area contributed by atoms with Gasteiger partial charge in [0.1, 0.15) is 5.75 Å². The zero-order valence-corrected chi connectivity index (χ0v) is 14.5. The van der Waals surface area contributed by atoms with Crippen LogP contribution >= 0.6 is 23.2 Å². The Morgan fingerprint density at radius 1 is 1.08 bits per heavy atom. The van der Waals surface area contributed by atoms with Gasteiger partial charge in [0.2, 0.25) is 5.91 Å². The maximum atomic E-state index is 12.0. The molecule has 24 heavy (non-hydrogen) atoms. The smallest absolute Gasteiger partial charge is 0.260 e. The molecule has 0 aromatic heterocycles. The van der Waals surface area contributed by atoms with E-state index in [1.165, 1.54) is 11.9 Å². The lowest BCUT2D eigenvalue weighted by atomic mass is 10.3. The number of carbonyl (C=O) groups is 2. The topological polar surface area (TPSA) is 58.6 Å². The number of hydrogen-bond acceptors (Lipinski definition) is 3. The van der Waals surface area contributed by atoms with Gasteiger partial charge in [-0.25, -0.2) is 0 Å². The van der Waals surface area contributed by atoms with Crippen molar-refractivity contribution in [3.8, 4) is 5.75 Å². The Morgan fingerprint density at radius 2 is 1.75 bits per heavy atom. The fourth-order valence-corrected chi connectivity index (χ4v) is 2.15. The number of anilines is 1. The lowest BCUT2D eigenvalue weighted by Crippen LogP contribution is -2.37. The zero-order valence-electron chi connectivity index (χ0n) is 13.0. The van der Waals surface area contributed by atoms with Gasteiger partial charge in [0.25, 0.3) is 5.91 Å². The molecular weight excluding hydrogens is 351 g/mol. The van der Waals surface area contributed by atoms with Crippen LogP contribution in [-0.4, -0.2) is 36.9 Å². The van der Waals surface area contributed by atoms with E-state index < -0.39 is 0 Å². The first-order chi connectivity index (χ1) is 11.5. The Hall–Kier alpha value is -2.24. The number of carbonyl (C=O) groups excluding carboxylic acids is 2. The fraction of sp³-hybridized carbons (Fsp3) is 0.176. The maximum Gasteiger partial charge on any atom is 0.260 e. The number of benzene rings is 2. The SMILES string of the molecule is CN(CC(=O)Nc1ccccc1Cl)C(=O)COc1ccc(Cl)cc1. The summed E-state index contributed by atoms with van der Waals surface area (Å²) in [7, 11) is 1.53. The molecule has 0 radical (unpaired) electrons. The minimum Gasteiger partial charge on any atom is -0.484 e. The van der Waals surface area contributed by atoms with Crippen LogP contribution in [0.4, 0.5) is 5.69 Å². The molecule has 2 amide bonds. The molecule has 2 rings (SSSR count). The highest BCUT2D eigenvalue weighted by Crippen LogP contribution is 2.20. The van der Waals surface area contributed by atoms with Gasteiger partial charge in [-0.05, 0) is 36.4 Å². The van der Waals surface area contributed by atoms with Gasteiger partial charge in [0.15, 0.2) is 6.61 Å². The van der Waals surface area contributed by atoms with Gasteiger partial charge in [-0.2, -0.15) is 0 Å². The Kier molecular flexibility index (Phi) is 6.46. The van der Waals surface area contributed by atoms with Crippen LogP contribution in [0.2, 0.25) is 10.0 Å². The van der Waals surface area contributed by atoms with Gasteiger partial charge in [-0.15, -0.1) is 0 Å². The van der Waals surface area contributed by atoms with E-state index >= 15 is 0 Å². The number of rotatable bonds is 6. The maximum absolute atomic E-state index is 12.0. The van der Waals surface area contributed by atoms with Crippen molar-refractivity contribution in [2.45, 2.75) is 0 Å². The molecule has 0 aliphatic rings. The molecule has 0 aliphatic carbocycles. The van der Waals surface area contributed by atoms with E-state index in [2.05, 4.69) is 5.32 Å². The summed E-state index contributed by atoms with van der Waals surface area (Å²) in [6, 6.07) is 13.6. The normalized spacial score (nSPS) is 10.1. The second kappa shape index (κ2) is 8.57. The molecule has 1 N–H and O–H groups in total. The summed E-state index contributed by atoms with van der Waals surface area (Å²) >= 11 is 11.7. The van der Waals surface area contributed by atoms with Crippen LogP contribution in [0, 0.1) is 0 Å². The number of likely N-dealkylation sites (N-methyl/N-ethyl adjacent to an activating group) is 1. The molecule has 7 heteroatoms. The predicted molar refractivity (Wildman–Crippen MR) is 94.7 cm³/mol. The van der Waals surface area contributed by atoms with E-state index in [0.717, 1.165) is 0 Å². The van der Waals surface area contributed by atoms with Crippen molar-refractivity contribution in [3.05, 3.63) is 58.6 Å². The summed E-state index contributed by atoms with van der Waals surface area (Å²) < 4.78 is 5.36. The van der Waals surface area contributed by atoms with Gasteiger partial charge in [-0.1, -0.05) is 35.3 Å². The zero-order chi connectivity index (χ0) is 17.5. The summed E-state index contributed by atoms with van der Waals surface area (Å²) in [6.45, 7) is -0.272. The molecule has 0 fully saturated rings. The number of nitrogens with one attached hydrogen (secondary N) is 1. The molecule has 2 aromatic carbocycles. The summed E-state index contributed by atoms with van der Waals surface area (Å²) in [5.74, 6) is -0.133. The lowest BCUT2D eigenvalue weighted by Gasteiger charge is -2.17. The Balaban J connectivity index is 1.81. The molecule has 5 nitrogen and oxygen atoms in total. The van der Waals surface area contributed by atoms with E-state index in [4.69, 9.17) is 27.9 Å². The second-order valence-electron chi connectivity index (χ2n) is 5.02. The standard InChI is InChI=1S/C17H16Cl2N2O3/c1-21(10-16(22)20-15-5-3-2-4-14(15)19)17(23)11-24-13-8-6-12(18)7-9-13/h2-9H,10-11H2,1H3,(H,20,22). The van der Waals surface area contributed by atoms with Crippen molar-refractivity contribution in [1.29, 1.82) is 0 Å². The quantitative estimate of drug-likeness (QED) is 0.851. The van der Waals surface area contributed by atoms with Crippen molar-refractivity contribution < 1.29 is 14.3 Å². The number of nitrogens with zero attached hydrogens (tertiary/aromatic N) is 1. The number of halogens is 2. The number of hydrogen-bond donors (Lipinski definition) is 1. The molecule has 126 valence electrons. The van der Waals surface area contributed by atoms with Crippen molar-refractivity contribution in [3.63, 3.8) is 0 Å². The number of amides is 2. The van der Waals surface area contributed by atoms with Gasteiger partial charge >= 0.3 is 0 Å². The van der Waals surface area contributed by atoms with Crippen LogP contribution in [0.5, 0.6) is 5.75 Å². The molecule has 0 saturated carbocycles. The molecule has 0 heterocycles. The predicted octanol–water partition coefficient (Wildman–Crippen LogP) is 3.47. The van der Waals surface area contributed by atoms with Crippen LogP contribution in [0.15, 0.2) is 48.5 Å². The first-order valence-corrected chi connectivity index (χ1v) is 7.88. The van der Waals surface area contributed by atoms with Crippen molar-refractivity contribution in [2.75, 3.05) is 25.5 Å². The largest absolute Gasteiger partial charge is 0.484 e. The Morgan fingerprint density at radius 3 is 2.42 bits per heavy atom. The highest BCUT2D eigenvalue weighted by Gasteiger charge is 2.14. The molecule has 0 bridgehead atoms. The first kappa shape index (κ1) is 18.1. The molecular formula is C17H16Cl2N2O3. The lowest BCUT2D eigenvalue weighted by molar-refractivity contribution is -0.135. The fourth-order valence-electron chi connectivity index (χ4n) is 1.84. The van der Waals surface area contributed by atoms with Crippen molar-refractivity contribution in [2.24, 2.45) is 0 Å². The van der Waals surface area contributed by atoms with Gasteiger partial charge in [-0.3, -0.25) is 9.59 Å². The van der Waals surface area contributed by atoms with E-state index in [9.17, 15) is 9.59 Å². The minimum atomic E-state index is -0.342. The number of para-hydroxylation sites is 1. The van der Waals surface area contributed by atoms with Crippen LogP contribution in [0.3, 0.4) is 0 Å². The molecule has 0 spiro atoms. The van der Waals surface area contributed by atoms with Crippen molar-refractivity contribution in [1.82, 2.24) is 4.90 Å². The van der Waals surface area contributed by atoms with Crippen LogP contribution in [-0.2, 0) is 9.59 Å². The van der Waals surface area contributed by atoms with E-state index in [1.807, 2.05) is 0 Å². The Labute approximate surface area is 150 Å². The van der Waals surface area contributed by atoms with E-state index in [0.29, 0.717) is 21.5 Å². The highest BCUT2D eigenvalue weighted by atomic mass is 35.5. The third kappa shape index (κ3) is 5.44. The van der Waals surface area contributed by atoms with Gasteiger partial charge < -0.3 is 15.0 Å². The van der Waals surface area contributed by atoms with Gasteiger partial charge in [0.05, 0.1) is 17.3 Å². The third-order valence-electron chi connectivity index (χ3n) is 3.13. The summed E-state index contributed by atoms with van der Waals surface area (Å²) in [5.41, 5.74) is 0.502. The first-order valence-electron chi connectivity index (χ1n) is 7.12. The minimum absolute atomic E-state index is 0.103. The van der Waals surface area contributed by atoms with Crippen LogP contribution in [0.25, 0.3) is 0 Å². The third-order valence-corrected chi connectivity index (χ3v) is 3.71. The summed E-state index contributed by atoms with van der Waals surface area (Å²) in [6.07, 6.45) is 0. The number of ether oxygens (including phenoxy) is 1. The Bertz CT molecular complexity index is 720. The summed E-state index contributed by atoms with van der Waals surface area (Å²) in [5, 5.41) is 3.68. The molecule has 2 aromatic rings. The molecule has 0 aliphatic heterocycles. The molecule has 0 atom stereocenters. The van der Waals surface area contributed by atoms with Crippen molar-refractivity contribution >= 4 is 40.7 Å². The molecule has 0 saturated heterocycles. The summed E-state index contributed by atoms with van der Waals surface area (Å²) in [4.78, 5) is 25.3. The van der Waals surface area contributed by atoms with E-state index in [-0.39, 0.29) is 25.0 Å². The monoisotopic (exact) mass is 366 g/mol. The molecule has 0 unspecified atom stereocenters. The van der Waals surface area contributed by atoms with E-state index in [1.54, 1.807) is 48.5 Å². The average Bonchev–Trinajstić information content (AvgIpc) is 2.56. The van der Waals surface area contributed by atoms with Gasteiger partial charge in [0, 0.05) is 12.1 Å². The average molecular weight is 367 g/mol.